The number of thiocarbonyl (C=S) groups is 1. The Morgan fingerprint density at radius 1 is 1.23 bits per heavy atom. The van der Waals surface area contributed by atoms with Gasteiger partial charge in [-0.25, -0.2) is 0 Å². The molecule has 1 atom stereocenters. The molecule has 0 bridgehead atoms. The number of hydrogen-bond acceptors (Lipinski definition) is 4. The Kier molecular flexibility index (Phi) is 6.16. The maximum absolute atomic E-state index is 12.4. The van der Waals surface area contributed by atoms with E-state index in [2.05, 4.69) is 5.32 Å². The zero-order valence-corrected chi connectivity index (χ0v) is 15.7. The van der Waals surface area contributed by atoms with E-state index in [4.69, 9.17) is 21.7 Å². The lowest BCUT2D eigenvalue weighted by Crippen LogP contribution is -2.43. The number of fused-ring (bicyclic) bond motifs is 1. The molecule has 3 rings (SSSR count). The average molecular weight is 396 g/mol. The summed E-state index contributed by atoms with van der Waals surface area (Å²) < 4.78 is 36.3. The third-order valence-electron chi connectivity index (χ3n) is 3.72. The number of ether oxygens (including phenoxy) is 2. The van der Waals surface area contributed by atoms with Gasteiger partial charge < -0.3 is 19.7 Å². The molecule has 2 aromatic carbocycles. The van der Waals surface area contributed by atoms with Crippen LogP contribution in [0.4, 0.5) is 14.5 Å². The molecule has 26 heavy (non-hydrogen) atoms. The van der Waals surface area contributed by atoms with Gasteiger partial charge in [-0.05, 0) is 48.6 Å². The van der Waals surface area contributed by atoms with Gasteiger partial charge >= 0.3 is 0 Å². The Balaban J connectivity index is 1.52. The van der Waals surface area contributed by atoms with E-state index in [1.807, 2.05) is 36.2 Å². The van der Waals surface area contributed by atoms with Crippen LogP contribution in [0.2, 0.25) is 0 Å². The van der Waals surface area contributed by atoms with Crippen molar-refractivity contribution >= 4 is 34.8 Å². The first-order chi connectivity index (χ1) is 12.5. The Bertz CT molecular complexity index is 759. The number of benzene rings is 2. The molecule has 1 N–H and O–H groups in total. The van der Waals surface area contributed by atoms with Gasteiger partial charge in [0.15, 0.2) is 22.7 Å². The highest BCUT2D eigenvalue weighted by Gasteiger charge is 2.22. The zero-order chi connectivity index (χ0) is 18.5. The van der Waals surface area contributed by atoms with E-state index in [1.54, 1.807) is 24.3 Å². The largest absolute Gasteiger partial charge is 0.486 e. The van der Waals surface area contributed by atoms with Crippen LogP contribution in [0.15, 0.2) is 53.4 Å². The second-order valence-electron chi connectivity index (χ2n) is 5.71. The molecule has 0 amide bonds. The lowest BCUT2D eigenvalue weighted by Gasteiger charge is -2.30. The van der Waals surface area contributed by atoms with Gasteiger partial charge in [0.25, 0.3) is 5.76 Å². The minimum absolute atomic E-state index is 0.139. The molecule has 0 saturated carbocycles. The normalized spacial score (nSPS) is 15.6. The minimum atomic E-state index is -2.43. The van der Waals surface area contributed by atoms with Crippen LogP contribution >= 0.6 is 24.0 Å². The Morgan fingerprint density at radius 2 is 1.92 bits per heavy atom. The summed E-state index contributed by atoms with van der Waals surface area (Å²) in [6.45, 7) is 1.00. The quantitative estimate of drug-likeness (QED) is 0.593. The first-order valence-corrected chi connectivity index (χ1v) is 9.25. The molecule has 0 radical (unpaired) electrons. The van der Waals surface area contributed by atoms with Crippen LogP contribution in [0.5, 0.6) is 11.5 Å². The highest BCUT2D eigenvalue weighted by molar-refractivity contribution is 7.99. The van der Waals surface area contributed by atoms with E-state index in [0.29, 0.717) is 34.9 Å². The third-order valence-corrected chi connectivity index (χ3v) is 4.86. The number of rotatable bonds is 5. The van der Waals surface area contributed by atoms with Crippen LogP contribution in [0.3, 0.4) is 0 Å². The van der Waals surface area contributed by atoms with Crippen LogP contribution < -0.4 is 14.8 Å². The molecule has 0 aromatic heterocycles. The van der Waals surface area contributed by atoms with Crippen molar-refractivity contribution in [1.82, 2.24) is 4.90 Å². The van der Waals surface area contributed by atoms with E-state index in [0.717, 1.165) is 17.2 Å². The second-order valence-corrected chi connectivity index (χ2v) is 7.16. The number of para-hydroxylation sites is 2. The fourth-order valence-electron chi connectivity index (χ4n) is 2.48. The molecule has 0 saturated heterocycles. The van der Waals surface area contributed by atoms with Crippen molar-refractivity contribution in [2.24, 2.45) is 0 Å². The van der Waals surface area contributed by atoms with Crippen LogP contribution in [-0.4, -0.2) is 42.1 Å². The zero-order valence-electron chi connectivity index (χ0n) is 14.0. The molecule has 8 heteroatoms. The van der Waals surface area contributed by atoms with Gasteiger partial charge in [0.2, 0.25) is 0 Å². The van der Waals surface area contributed by atoms with Crippen molar-refractivity contribution < 1.29 is 18.3 Å². The number of nitrogens with one attached hydrogen (secondary N) is 1. The average Bonchev–Trinajstić information content (AvgIpc) is 2.62. The smallest absolute Gasteiger partial charge is 0.288 e. The van der Waals surface area contributed by atoms with Gasteiger partial charge in [-0.1, -0.05) is 23.9 Å². The van der Waals surface area contributed by atoms with E-state index in [1.165, 1.54) is 0 Å². The van der Waals surface area contributed by atoms with Crippen LogP contribution in [-0.2, 0) is 0 Å². The topological polar surface area (TPSA) is 33.7 Å². The van der Waals surface area contributed by atoms with Crippen LogP contribution in [0.1, 0.15) is 0 Å². The van der Waals surface area contributed by atoms with Crippen molar-refractivity contribution in [3.8, 4) is 11.5 Å². The van der Waals surface area contributed by atoms with E-state index in [9.17, 15) is 8.78 Å². The predicted molar refractivity (Wildman–Crippen MR) is 104 cm³/mol. The Labute approximate surface area is 160 Å². The van der Waals surface area contributed by atoms with Gasteiger partial charge in [-0.2, -0.15) is 8.78 Å². The van der Waals surface area contributed by atoms with E-state index < -0.39 is 5.76 Å². The van der Waals surface area contributed by atoms with Gasteiger partial charge in [0, 0.05) is 17.6 Å². The van der Waals surface area contributed by atoms with Gasteiger partial charge in [0.1, 0.15) is 6.61 Å². The molecular formula is C18H18F2N2O2S2. The van der Waals surface area contributed by atoms with Crippen molar-refractivity contribution in [2.45, 2.75) is 16.8 Å². The van der Waals surface area contributed by atoms with E-state index in [-0.39, 0.29) is 6.10 Å². The van der Waals surface area contributed by atoms with Crippen molar-refractivity contribution in [1.29, 1.82) is 0 Å². The maximum Gasteiger partial charge on any atom is 0.288 e. The number of likely N-dealkylation sites (N-methyl/N-ethyl adjacent to an activating group) is 1. The summed E-state index contributed by atoms with van der Waals surface area (Å²) >= 11 is 5.92. The Hall–Kier alpha value is -2.06. The standard InChI is InChI=1S/C18H18F2N2O2S2/c1-22(10-13-11-23-15-4-2-3-5-16(15)24-13)18(25)21-12-6-8-14(9-7-12)26-17(19)20/h2-9,13,17H,10-11H2,1H3,(H,21,25)/t13-/m1/s1. The summed E-state index contributed by atoms with van der Waals surface area (Å²) in [5, 5.41) is 3.61. The summed E-state index contributed by atoms with van der Waals surface area (Å²) in [6.07, 6.45) is -0.139. The lowest BCUT2D eigenvalue weighted by atomic mass is 10.2. The van der Waals surface area contributed by atoms with Crippen LogP contribution in [0, 0.1) is 0 Å². The molecule has 0 aliphatic carbocycles. The number of hydrogen-bond donors (Lipinski definition) is 1. The molecule has 1 aliphatic rings. The third kappa shape index (κ3) is 4.98. The number of nitrogens with zero attached hydrogens (tertiary/aromatic N) is 1. The molecule has 2 aromatic rings. The molecule has 138 valence electrons. The summed E-state index contributed by atoms with van der Waals surface area (Å²) in [6, 6.07) is 14.3. The summed E-state index contributed by atoms with van der Waals surface area (Å²) in [5.74, 6) is -0.958. The minimum Gasteiger partial charge on any atom is -0.486 e. The van der Waals surface area contributed by atoms with E-state index >= 15 is 0 Å². The molecule has 1 heterocycles. The van der Waals surface area contributed by atoms with Gasteiger partial charge in [0.05, 0.1) is 6.54 Å². The highest BCUT2D eigenvalue weighted by atomic mass is 32.2. The van der Waals surface area contributed by atoms with Gasteiger partial charge in [-0.3, -0.25) is 0 Å². The maximum atomic E-state index is 12.4. The number of alkyl halides is 2. The predicted octanol–water partition coefficient (Wildman–Crippen LogP) is 4.47. The molecular weight excluding hydrogens is 378 g/mol. The number of thioether (sulfide) groups is 1. The number of halogens is 2. The Morgan fingerprint density at radius 3 is 2.62 bits per heavy atom. The van der Waals surface area contributed by atoms with Crippen molar-refractivity contribution in [3.05, 3.63) is 48.5 Å². The van der Waals surface area contributed by atoms with Crippen molar-refractivity contribution in [3.63, 3.8) is 0 Å². The first-order valence-electron chi connectivity index (χ1n) is 7.97. The first kappa shape index (κ1) is 18.7. The summed E-state index contributed by atoms with van der Waals surface area (Å²) in [4.78, 5) is 2.37. The SMILES string of the molecule is CN(C[C@@H]1COc2ccccc2O1)C(=S)Nc1ccc(SC(F)F)cc1. The summed E-state index contributed by atoms with van der Waals surface area (Å²) in [5.41, 5.74) is 0.742. The number of anilines is 1. The van der Waals surface area contributed by atoms with Crippen LogP contribution in [0.25, 0.3) is 0 Å². The highest BCUT2D eigenvalue weighted by Crippen LogP contribution is 2.31. The fraction of sp³-hybridized carbons (Fsp3) is 0.278. The summed E-state index contributed by atoms with van der Waals surface area (Å²) in [7, 11) is 1.86. The molecule has 0 spiro atoms. The van der Waals surface area contributed by atoms with Crippen molar-refractivity contribution in [2.75, 3.05) is 25.5 Å². The second kappa shape index (κ2) is 8.55. The van der Waals surface area contributed by atoms with Gasteiger partial charge in [-0.15, -0.1) is 0 Å². The molecule has 0 fully saturated rings. The molecule has 1 aliphatic heterocycles. The fourth-order valence-corrected chi connectivity index (χ4v) is 3.17. The monoisotopic (exact) mass is 396 g/mol. The lowest BCUT2D eigenvalue weighted by molar-refractivity contribution is 0.0784. The molecule has 4 nitrogen and oxygen atoms in total. The molecule has 0 unspecified atom stereocenters.